The van der Waals surface area contributed by atoms with Gasteiger partial charge in [-0.25, -0.2) is 9.97 Å². The smallest absolute Gasteiger partial charge is 0.224 e. The molecule has 0 radical (unpaired) electrons. The summed E-state index contributed by atoms with van der Waals surface area (Å²) in [5.74, 6) is 0.826. The van der Waals surface area contributed by atoms with Gasteiger partial charge < -0.3 is 10.0 Å². The van der Waals surface area contributed by atoms with E-state index in [1.807, 2.05) is 0 Å². The summed E-state index contributed by atoms with van der Waals surface area (Å²) in [4.78, 5) is 10.2. The zero-order valence-corrected chi connectivity index (χ0v) is 8.54. The van der Waals surface area contributed by atoms with Gasteiger partial charge in [-0.15, -0.1) is 0 Å². The molecule has 1 aromatic rings. The van der Waals surface area contributed by atoms with Crippen molar-refractivity contribution in [2.45, 2.75) is 19.4 Å². The lowest BCUT2D eigenvalue weighted by atomic mass is 10.4. The van der Waals surface area contributed by atoms with Gasteiger partial charge in [0.15, 0.2) is 0 Å². The molecule has 1 fully saturated rings. The van der Waals surface area contributed by atoms with Crippen LogP contribution in [0.2, 0.25) is 5.28 Å². The van der Waals surface area contributed by atoms with E-state index in [4.69, 9.17) is 16.7 Å². The highest BCUT2D eigenvalue weighted by Gasteiger charge is 2.14. The summed E-state index contributed by atoms with van der Waals surface area (Å²) in [7, 11) is 0. The predicted molar refractivity (Wildman–Crippen MR) is 54.4 cm³/mol. The fourth-order valence-electron chi connectivity index (χ4n) is 1.64. The normalized spacial score (nSPS) is 16.3. The van der Waals surface area contributed by atoms with Crippen molar-refractivity contribution in [2.24, 2.45) is 0 Å². The highest BCUT2D eigenvalue weighted by Crippen LogP contribution is 2.19. The van der Waals surface area contributed by atoms with Crippen molar-refractivity contribution in [3.05, 3.63) is 17.0 Å². The lowest BCUT2D eigenvalue weighted by molar-refractivity contribution is 0.276. The molecule has 0 saturated carbocycles. The van der Waals surface area contributed by atoms with Crippen LogP contribution >= 0.6 is 11.6 Å². The van der Waals surface area contributed by atoms with Crippen LogP contribution in [0.25, 0.3) is 0 Å². The molecule has 0 aliphatic carbocycles. The first-order chi connectivity index (χ1) is 6.79. The van der Waals surface area contributed by atoms with E-state index in [1.54, 1.807) is 6.07 Å². The van der Waals surface area contributed by atoms with Gasteiger partial charge in [-0.2, -0.15) is 0 Å². The molecule has 0 atom stereocenters. The largest absolute Gasteiger partial charge is 0.390 e. The first kappa shape index (κ1) is 9.68. The summed E-state index contributed by atoms with van der Waals surface area (Å²) < 4.78 is 0. The molecule has 1 saturated heterocycles. The van der Waals surface area contributed by atoms with Gasteiger partial charge in [0, 0.05) is 19.2 Å². The monoisotopic (exact) mass is 213 g/mol. The quantitative estimate of drug-likeness (QED) is 0.751. The molecule has 2 heterocycles. The lowest BCUT2D eigenvalue weighted by Gasteiger charge is -2.16. The molecule has 0 spiro atoms. The van der Waals surface area contributed by atoms with Crippen LogP contribution in [-0.4, -0.2) is 28.2 Å². The molecule has 76 valence electrons. The molecule has 0 aromatic carbocycles. The van der Waals surface area contributed by atoms with Gasteiger partial charge in [0.1, 0.15) is 5.82 Å². The number of aliphatic hydroxyl groups is 1. The molecule has 1 aliphatic heterocycles. The Kier molecular flexibility index (Phi) is 2.84. The zero-order valence-electron chi connectivity index (χ0n) is 7.78. The van der Waals surface area contributed by atoms with Gasteiger partial charge in [-0.3, -0.25) is 0 Å². The van der Waals surface area contributed by atoms with Crippen molar-refractivity contribution in [3.63, 3.8) is 0 Å². The minimum atomic E-state index is -0.0942. The molecule has 4 nitrogen and oxygen atoms in total. The minimum Gasteiger partial charge on any atom is -0.390 e. The summed E-state index contributed by atoms with van der Waals surface area (Å²) >= 11 is 5.75. The topological polar surface area (TPSA) is 49.2 Å². The molecule has 0 amide bonds. The predicted octanol–water partition coefficient (Wildman–Crippen LogP) is 1.22. The average molecular weight is 214 g/mol. The minimum absolute atomic E-state index is 0.0942. The van der Waals surface area contributed by atoms with Gasteiger partial charge in [-0.1, -0.05) is 0 Å². The zero-order chi connectivity index (χ0) is 9.97. The lowest BCUT2D eigenvalue weighted by Crippen LogP contribution is -2.19. The van der Waals surface area contributed by atoms with Crippen molar-refractivity contribution in [1.82, 2.24) is 9.97 Å². The molecule has 0 bridgehead atoms. The van der Waals surface area contributed by atoms with E-state index < -0.39 is 0 Å². The van der Waals surface area contributed by atoms with Crippen molar-refractivity contribution in [2.75, 3.05) is 18.0 Å². The number of hydrogen-bond donors (Lipinski definition) is 1. The third-order valence-electron chi connectivity index (χ3n) is 2.33. The van der Waals surface area contributed by atoms with Crippen LogP contribution in [-0.2, 0) is 6.61 Å². The van der Waals surface area contributed by atoms with Crippen LogP contribution in [0.5, 0.6) is 0 Å². The first-order valence-electron chi connectivity index (χ1n) is 4.69. The molecule has 1 aromatic heterocycles. The molecule has 5 heteroatoms. The summed E-state index contributed by atoms with van der Waals surface area (Å²) in [6.45, 7) is 1.93. The van der Waals surface area contributed by atoms with E-state index in [2.05, 4.69) is 14.9 Å². The highest BCUT2D eigenvalue weighted by atomic mass is 35.5. The fourth-order valence-corrected chi connectivity index (χ4v) is 1.84. The molecule has 0 unspecified atom stereocenters. The van der Waals surface area contributed by atoms with Gasteiger partial charge in [0.2, 0.25) is 5.28 Å². The standard InChI is InChI=1S/C9H12ClN3O/c10-9-11-7(6-14)5-8(12-9)13-3-1-2-4-13/h5,14H,1-4,6H2. The van der Waals surface area contributed by atoms with Crippen molar-refractivity contribution < 1.29 is 5.11 Å². The molecule has 1 aliphatic rings. The molecular formula is C9H12ClN3O. The number of nitrogens with zero attached hydrogens (tertiary/aromatic N) is 3. The molecule has 1 N–H and O–H groups in total. The summed E-state index contributed by atoms with van der Waals surface area (Å²) in [6.07, 6.45) is 2.38. The maximum absolute atomic E-state index is 8.96. The average Bonchev–Trinajstić information content (AvgIpc) is 2.69. The third-order valence-corrected chi connectivity index (χ3v) is 2.50. The maximum atomic E-state index is 8.96. The van der Waals surface area contributed by atoms with E-state index in [9.17, 15) is 0 Å². The third kappa shape index (κ3) is 1.96. The van der Waals surface area contributed by atoms with Gasteiger partial charge >= 0.3 is 0 Å². The van der Waals surface area contributed by atoms with E-state index in [0.29, 0.717) is 5.69 Å². The summed E-state index contributed by atoms with van der Waals surface area (Å²) in [5.41, 5.74) is 0.576. The van der Waals surface area contributed by atoms with Gasteiger partial charge in [0.05, 0.1) is 12.3 Å². The summed E-state index contributed by atoms with van der Waals surface area (Å²) in [5, 5.41) is 9.17. The highest BCUT2D eigenvalue weighted by molar-refractivity contribution is 6.28. The molecular weight excluding hydrogens is 202 g/mol. The van der Waals surface area contributed by atoms with Crippen LogP contribution in [0, 0.1) is 0 Å². The van der Waals surface area contributed by atoms with E-state index in [1.165, 1.54) is 12.8 Å². The van der Waals surface area contributed by atoms with Crippen molar-refractivity contribution in [3.8, 4) is 0 Å². The van der Waals surface area contributed by atoms with E-state index in [0.717, 1.165) is 18.9 Å². The Hall–Kier alpha value is -0.870. The van der Waals surface area contributed by atoms with E-state index >= 15 is 0 Å². The Labute approximate surface area is 87.5 Å². The van der Waals surface area contributed by atoms with Crippen LogP contribution in [0.3, 0.4) is 0 Å². The van der Waals surface area contributed by atoms with Crippen molar-refractivity contribution in [1.29, 1.82) is 0 Å². The Balaban J connectivity index is 2.27. The number of anilines is 1. The Morgan fingerprint density at radius 2 is 2.07 bits per heavy atom. The molecule has 2 rings (SSSR count). The second kappa shape index (κ2) is 4.11. The van der Waals surface area contributed by atoms with Gasteiger partial charge in [-0.05, 0) is 24.4 Å². The molecule has 14 heavy (non-hydrogen) atoms. The van der Waals surface area contributed by atoms with Crippen LogP contribution < -0.4 is 4.90 Å². The Morgan fingerprint density at radius 1 is 1.36 bits per heavy atom. The van der Waals surface area contributed by atoms with Crippen LogP contribution in [0.4, 0.5) is 5.82 Å². The number of hydrogen-bond acceptors (Lipinski definition) is 4. The summed E-state index contributed by atoms with van der Waals surface area (Å²) in [6, 6.07) is 1.79. The SMILES string of the molecule is OCc1cc(N2CCCC2)nc(Cl)n1. The second-order valence-corrected chi connectivity index (χ2v) is 3.68. The fraction of sp³-hybridized carbons (Fsp3) is 0.556. The van der Waals surface area contributed by atoms with Crippen LogP contribution in [0.1, 0.15) is 18.5 Å². The van der Waals surface area contributed by atoms with E-state index in [-0.39, 0.29) is 11.9 Å². The Bertz CT molecular complexity index is 326. The first-order valence-corrected chi connectivity index (χ1v) is 5.06. The number of halogens is 1. The van der Waals surface area contributed by atoms with Crippen LogP contribution in [0.15, 0.2) is 6.07 Å². The maximum Gasteiger partial charge on any atom is 0.224 e. The number of aliphatic hydroxyl groups excluding tert-OH is 1. The number of aromatic nitrogens is 2. The van der Waals surface area contributed by atoms with Gasteiger partial charge in [0.25, 0.3) is 0 Å². The Morgan fingerprint density at radius 3 is 2.71 bits per heavy atom. The second-order valence-electron chi connectivity index (χ2n) is 3.34. The number of rotatable bonds is 2. The van der Waals surface area contributed by atoms with Crippen molar-refractivity contribution >= 4 is 17.4 Å².